The maximum atomic E-state index is 13.2. The predicted molar refractivity (Wildman–Crippen MR) is 143 cm³/mol. The molecule has 1 aliphatic heterocycles. The Hall–Kier alpha value is -3.58. The summed E-state index contributed by atoms with van der Waals surface area (Å²) < 4.78 is 0. The minimum absolute atomic E-state index is 0.169. The van der Waals surface area contributed by atoms with E-state index >= 15 is 0 Å². The van der Waals surface area contributed by atoms with Gasteiger partial charge in [0, 0.05) is 51.8 Å². The first kappa shape index (κ1) is 25.5. The van der Waals surface area contributed by atoms with E-state index in [1.807, 2.05) is 43.6 Å². The summed E-state index contributed by atoms with van der Waals surface area (Å²) in [5.41, 5.74) is 4.90. The van der Waals surface area contributed by atoms with Gasteiger partial charge in [-0.05, 0) is 75.1 Å². The van der Waals surface area contributed by atoms with E-state index in [1.165, 1.54) is 5.56 Å². The fourth-order valence-electron chi connectivity index (χ4n) is 4.75. The van der Waals surface area contributed by atoms with Crippen molar-refractivity contribution in [1.82, 2.24) is 14.9 Å². The van der Waals surface area contributed by atoms with Crippen LogP contribution in [0.4, 0.5) is 11.4 Å². The van der Waals surface area contributed by atoms with E-state index in [0.717, 1.165) is 41.2 Å². The van der Waals surface area contributed by atoms with Gasteiger partial charge in [0.1, 0.15) is 5.41 Å². The molecule has 0 radical (unpaired) electrons. The second-order valence-electron chi connectivity index (χ2n) is 9.95. The van der Waals surface area contributed by atoms with Crippen molar-refractivity contribution >= 4 is 23.2 Å². The van der Waals surface area contributed by atoms with Gasteiger partial charge in [-0.2, -0.15) is 0 Å². The van der Waals surface area contributed by atoms with Crippen LogP contribution in [0.25, 0.3) is 0 Å². The maximum Gasteiger partial charge on any atom is 0.242 e. The molecule has 0 N–H and O–H groups in total. The van der Waals surface area contributed by atoms with E-state index in [0.29, 0.717) is 19.6 Å². The third kappa shape index (κ3) is 5.16. The van der Waals surface area contributed by atoms with Crippen LogP contribution in [-0.2, 0) is 29.1 Å². The van der Waals surface area contributed by atoms with Gasteiger partial charge in [-0.15, -0.1) is 0 Å². The number of aromatic nitrogens is 2. The molecule has 3 heterocycles. The lowest BCUT2D eigenvalue weighted by atomic mass is 9.90. The van der Waals surface area contributed by atoms with Gasteiger partial charge in [0.2, 0.25) is 11.8 Å². The van der Waals surface area contributed by atoms with Crippen LogP contribution in [0.5, 0.6) is 0 Å². The molecule has 4 rings (SSSR count). The molecular weight excluding hydrogens is 450 g/mol. The molecule has 0 unspecified atom stereocenters. The number of carbonyl (C=O) groups excluding carboxylic acids is 2. The van der Waals surface area contributed by atoms with Crippen molar-refractivity contribution in [2.45, 2.75) is 47.2 Å². The van der Waals surface area contributed by atoms with E-state index in [4.69, 9.17) is 0 Å². The largest absolute Gasteiger partial charge is 0.313 e. The average Bonchev–Trinajstić information content (AvgIpc) is 2.93. The molecule has 3 aromatic rings. The molecule has 188 valence electrons. The van der Waals surface area contributed by atoms with Gasteiger partial charge >= 0.3 is 0 Å². The monoisotopic (exact) mass is 485 g/mol. The molecule has 0 atom stereocenters. The molecular formula is C29H35N5O2. The second-order valence-corrected chi connectivity index (χ2v) is 9.95. The fourth-order valence-corrected chi connectivity index (χ4v) is 4.75. The summed E-state index contributed by atoms with van der Waals surface area (Å²) >= 11 is 0. The standard InChI is InChI=1S/C29H35N5O2/c1-6-34-25-12-11-23(17-26(25)32(5)27(35)29(3,4)28(34)36)19-33(16-13-22-10-8-14-30-18-22)20-24-21(2)9-7-15-31-24/h7-12,14-15,17-18H,6,13,16,19-20H2,1-5H3. The van der Waals surface area contributed by atoms with Crippen molar-refractivity contribution in [2.75, 3.05) is 29.9 Å². The van der Waals surface area contributed by atoms with Crippen LogP contribution in [0.15, 0.2) is 61.1 Å². The number of benzene rings is 1. The van der Waals surface area contributed by atoms with Gasteiger partial charge in [-0.3, -0.25) is 24.5 Å². The Morgan fingerprint density at radius 3 is 2.42 bits per heavy atom. The molecule has 36 heavy (non-hydrogen) atoms. The summed E-state index contributed by atoms with van der Waals surface area (Å²) in [6.45, 7) is 10.2. The Kier molecular flexibility index (Phi) is 7.50. The number of pyridine rings is 2. The van der Waals surface area contributed by atoms with Crippen LogP contribution >= 0.6 is 0 Å². The van der Waals surface area contributed by atoms with Crippen LogP contribution < -0.4 is 9.80 Å². The van der Waals surface area contributed by atoms with Crippen LogP contribution in [0, 0.1) is 12.3 Å². The van der Waals surface area contributed by atoms with Crippen molar-refractivity contribution in [3.05, 3.63) is 83.4 Å². The van der Waals surface area contributed by atoms with Gasteiger partial charge in [0.25, 0.3) is 0 Å². The number of anilines is 2. The molecule has 0 fully saturated rings. The van der Waals surface area contributed by atoms with Gasteiger partial charge in [-0.25, -0.2) is 0 Å². The van der Waals surface area contributed by atoms with E-state index in [2.05, 4.69) is 40.0 Å². The first-order valence-corrected chi connectivity index (χ1v) is 12.5. The number of rotatable bonds is 8. The topological polar surface area (TPSA) is 69.6 Å². The molecule has 0 spiro atoms. The van der Waals surface area contributed by atoms with Gasteiger partial charge in [0.15, 0.2) is 0 Å². The summed E-state index contributed by atoms with van der Waals surface area (Å²) in [5, 5.41) is 0. The molecule has 7 nitrogen and oxygen atoms in total. The highest BCUT2D eigenvalue weighted by molar-refractivity contribution is 6.19. The maximum absolute atomic E-state index is 13.2. The summed E-state index contributed by atoms with van der Waals surface area (Å²) in [4.78, 5) is 41.0. The zero-order valence-electron chi connectivity index (χ0n) is 21.9. The quantitative estimate of drug-likeness (QED) is 0.443. The average molecular weight is 486 g/mol. The van der Waals surface area contributed by atoms with E-state index in [-0.39, 0.29) is 11.8 Å². The summed E-state index contributed by atoms with van der Waals surface area (Å²) in [7, 11) is 1.76. The summed E-state index contributed by atoms with van der Waals surface area (Å²) in [6, 6.07) is 14.2. The van der Waals surface area contributed by atoms with Crippen molar-refractivity contribution in [3.8, 4) is 0 Å². The van der Waals surface area contributed by atoms with Crippen LogP contribution in [0.3, 0.4) is 0 Å². The van der Waals surface area contributed by atoms with Gasteiger partial charge in [-0.1, -0.05) is 18.2 Å². The second kappa shape index (κ2) is 10.6. The Balaban J connectivity index is 1.64. The highest BCUT2D eigenvalue weighted by Gasteiger charge is 2.45. The normalized spacial score (nSPS) is 15.3. The molecule has 0 saturated carbocycles. The van der Waals surface area contributed by atoms with Gasteiger partial charge < -0.3 is 9.80 Å². The Morgan fingerprint density at radius 2 is 1.72 bits per heavy atom. The molecule has 2 aromatic heterocycles. The number of nitrogens with zero attached hydrogens (tertiary/aromatic N) is 5. The van der Waals surface area contributed by atoms with Crippen LogP contribution in [0.2, 0.25) is 0 Å². The Labute approximate surface area is 213 Å². The summed E-state index contributed by atoms with van der Waals surface area (Å²) in [6.07, 6.45) is 6.40. The number of carbonyl (C=O) groups is 2. The Morgan fingerprint density at radius 1 is 0.944 bits per heavy atom. The molecule has 2 amide bonds. The molecule has 0 bridgehead atoms. The third-order valence-corrected chi connectivity index (χ3v) is 6.96. The fraction of sp³-hybridized carbons (Fsp3) is 0.379. The van der Waals surface area contributed by atoms with E-state index < -0.39 is 5.41 Å². The van der Waals surface area contributed by atoms with Crippen molar-refractivity contribution in [1.29, 1.82) is 0 Å². The molecule has 1 aromatic carbocycles. The first-order valence-electron chi connectivity index (χ1n) is 12.5. The molecule has 7 heteroatoms. The predicted octanol–water partition coefficient (Wildman–Crippen LogP) is 4.39. The highest BCUT2D eigenvalue weighted by atomic mass is 16.2. The number of hydrogen-bond donors (Lipinski definition) is 0. The van der Waals surface area contributed by atoms with Crippen LogP contribution in [0.1, 0.15) is 43.2 Å². The number of fused-ring (bicyclic) bond motifs is 1. The molecule has 0 aliphatic carbocycles. The number of aryl methyl sites for hydroxylation is 1. The molecule has 1 aliphatic rings. The smallest absolute Gasteiger partial charge is 0.242 e. The Bertz CT molecular complexity index is 1240. The van der Waals surface area contributed by atoms with Crippen molar-refractivity contribution < 1.29 is 9.59 Å². The van der Waals surface area contributed by atoms with Crippen molar-refractivity contribution in [2.24, 2.45) is 5.41 Å². The number of amides is 2. The zero-order valence-corrected chi connectivity index (χ0v) is 21.9. The zero-order chi connectivity index (χ0) is 25.9. The lowest BCUT2D eigenvalue weighted by Crippen LogP contribution is -2.47. The lowest BCUT2D eigenvalue weighted by molar-refractivity contribution is -0.137. The minimum atomic E-state index is -1.11. The summed E-state index contributed by atoms with van der Waals surface area (Å²) in [5.74, 6) is -0.364. The van der Waals surface area contributed by atoms with E-state index in [1.54, 1.807) is 36.9 Å². The van der Waals surface area contributed by atoms with Gasteiger partial charge in [0.05, 0.1) is 17.1 Å². The highest BCUT2D eigenvalue weighted by Crippen LogP contribution is 2.39. The number of hydrogen-bond acceptors (Lipinski definition) is 5. The lowest BCUT2D eigenvalue weighted by Gasteiger charge is -2.27. The van der Waals surface area contributed by atoms with Crippen LogP contribution in [-0.4, -0.2) is 46.8 Å². The molecule has 0 saturated heterocycles. The third-order valence-electron chi connectivity index (χ3n) is 6.96. The first-order chi connectivity index (χ1) is 17.2. The SMILES string of the molecule is CCN1C(=O)C(C)(C)C(=O)N(C)c2cc(CN(CCc3cccnc3)Cc3ncccc3C)ccc21. The van der Waals surface area contributed by atoms with E-state index in [9.17, 15) is 9.59 Å². The minimum Gasteiger partial charge on any atom is -0.313 e. The van der Waals surface area contributed by atoms with Crippen molar-refractivity contribution in [3.63, 3.8) is 0 Å².